The van der Waals surface area contributed by atoms with E-state index in [2.05, 4.69) is 23.3 Å². The summed E-state index contributed by atoms with van der Waals surface area (Å²) in [5.41, 5.74) is 0. The fraction of sp³-hybridized carbons (Fsp3) is 0.818. The molecule has 0 saturated heterocycles. The number of ether oxygens (including phenoxy) is 2. The minimum Gasteiger partial charge on any atom is -0.550 e. The van der Waals surface area contributed by atoms with Gasteiger partial charge in [-0.05, 0) is 25.7 Å². The summed E-state index contributed by atoms with van der Waals surface area (Å²) in [6.45, 7) is 3.17. The Morgan fingerprint density at radius 2 is 0.689 bits per heavy atom. The molecular weight excluding hydrogens is 839 g/mol. The van der Waals surface area contributed by atoms with Crippen molar-refractivity contribution >= 4 is 23.9 Å². The first kappa shape index (κ1) is 62.2. The number of carboxylic acids is 2. The number of aliphatic hydroxyl groups is 8. The van der Waals surface area contributed by atoms with Gasteiger partial charge in [-0.15, -0.1) is 0 Å². The van der Waals surface area contributed by atoms with Gasteiger partial charge in [-0.2, -0.15) is 0 Å². The second kappa shape index (κ2) is 42.2. The number of cyclic esters (lactones) is 2. The Kier molecular flexibility index (Phi) is 43.1. The summed E-state index contributed by atoms with van der Waals surface area (Å²) in [5.74, 6) is -7.37. The number of aliphatic carboxylic acids is 2. The monoisotopic (exact) mass is 917 g/mol. The van der Waals surface area contributed by atoms with Crippen LogP contribution < -0.4 is 10.2 Å². The van der Waals surface area contributed by atoms with Crippen molar-refractivity contribution in [3.63, 3.8) is 0 Å². The van der Waals surface area contributed by atoms with Gasteiger partial charge in [0.25, 0.3) is 0 Å². The van der Waals surface area contributed by atoms with E-state index >= 15 is 0 Å². The maximum absolute atomic E-state index is 10.5. The molecule has 0 aliphatic carbocycles. The van der Waals surface area contributed by atoms with Crippen LogP contribution >= 0.6 is 0 Å². The van der Waals surface area contributed by atoms with E-state index in [1.54, 1.807) is 0 Å². The minimum absolute atomic E-state index is 0. The van der Waals surface area contributed by atoms with Crippen LogP contribution in [0, 0.1) is 0 Å². The Hall–Kier alpha value is -3.08. The molecule has 2 heterocycles. The number of hydrogen-bond acceptors (Lipinski definition) is 16. The quantitative estimate of drug-likeness (QED) is 0.0231. The molecule has 0 bridgehead atoms. The van der Waals surface area contributed by atoms with Gasteiger partial charge < -0.3 is 70.1 Å². The average molecular weight is 918 g/mol. The van der Waals surface area contributed by atoms with Crippen LogP contribution in [-0.2, 0) is 45.7 Å². The zero-order valence-electron chi connectivity index (χ0n) is 36.7. The first-order valence-corrected chi connectivity index (χ1v) is 22.3. The van der Waals surface area contributed by atoms with E-state index in [4.69, 9.17) is 40.9 Å². The van der Waals surface area contributed by atoms with Crippen molar-refractivity contribution in [3.8, 4) is 0 Å². The number of rotatable bonds is 32. The van der Waals surface area contributed by atoms with Gasteiger partial charge in [-0.3, -0.25) is 0 Å². The normalized spacial score (nSPS) is 16.5. The van der Waals surface area contributed by atoms with Gasteiger partial charge in [0.2, 0.25) is 11.5 Å². The summed E-state index contributed by atoms with van der Waals surface area (Å²) in [7, 11) is 0. The number of unbranched alkanes of at least 4 members (excludes halogenated alkanes) is 24. The van der Waals surface area contributed by atoms with Crippen LogP contribution in [0.15, 0.2) is 23.0 Å². The van der Waals surface area contributed by atoms with E-state index in [1.165, 1.54) is 141 Å². The van der Waals surface area contributed by atoms with Crippen molar-refractivity contribution in [2.24, 2.45) is 0 Å². The second-order valence-corrected chi connectivity index (χ2v) is 15.3. The predicted molar refractivity (Wildman–Crippen MR) is 221 cm³/mol. The Morgan fingerprint density at radius 3 is 0.852 bits per heavy atom. The molecular formula is C44H78MnO16. The number of aliphatic hydroxyl groups excluding tert-OH is 8. The van der Waals surface area contributed by atoms with Crippen LogP contribution in [-0.4, -0.2) is 102 Å². The van der Waals surface area contributed by atoms with E-state index in [1.807, 2.05) is 0 Å². The van der Waals surface area contributed by atoms with Gasteiger partial charge in [0.1, 0.15) is 12.2 Å². The summed E-state index contributed by atoms with van der Waals surface area (Å²) in [6.07, 6.45) is 28.3. The van der Waals surface area contributed by atoms with E-state index < -0.39 is 84.5 Å². The zero-order chi connectivity index (χ0) is 45.6. The number of carbonyl (C=O) groups excluding carboxylic acids is 4. The van der Waals surface area contributed by atoms with Crippen LogP contribution in [0.4, 0.5) is 0 Å². The molecule has 0 spiro atoms. The van der Waals surface area contributed by atoms with Gasteiger partial charge in [0, 0.05) is 11.9 Å². The fourth-order valence-electron chi connectivity index (χ4n) is 6.22. The van der Waals surface area contributed by atoms with Gasteiger partial charge in [-0.1, -0.05) is 168 Å². The molecule has 2 aliphatic rings. The topological polar surface area (TPSA) is 295 Å². The number of carboxylic acid groups (broad SMARTS) is 2. The molecule has 16 nitrogen and oxygen atoms in total. The van der Waals surface area contributed by atoms with Crippen molar-refractivity contribution in [1.82, 2.24) is 0 Å². The molecule has 17 heteroatoms. The smallest absolute Gasteiger partial charge is 0.550 e. The third kappa shape index (κ3) is 34.1. The molecule has 2 aliphatic heterocycles. The fourth-order valence-corrected chi connectivity index (χ4v) is 6.22. The third-order valence-electron chi connectivity index (χ3n) is 9.92. The Morgan fingerprint density at radius 1 is 0.475 bits per heavy atom. The number of carbonyl (C=O) groups is 4. The van der Waals surface area contributed by atoms with Gasteiger partial charge in [0.05, 0.1) is 13.2 Å². The predicted octanol–water partition coefficient (Wildman–Crippen LogP) is 5.62. The Bertz CT molecular complexity index is 1100. The molecule has 8 N–H and O–H groups in total. The zero-order valence-corrected chi connectivity index (χ0v) is 37.9. The molecule has 0 unspecified atom stereocenters. The maximum atomic E-state index is 10.5. The number of hydrogen-bond donors (Lipinski definition) is 8. The van der Waals surface area contributed by atoms with Crippen LogP contribution in [0.2, 0.25) is 0 Å². The van der Waals surface area contributed by atoms with E-state index in [-0.39, 0.29) is 29.9 Å². The Labute approximate surface area is 373 Å². The van der Waals surface area contributed by atoms with E-state index in [9.17, 15) is 29.4 Å². The van der Waals surface area contributed by atoms with Crippen molar-refractivity contribution in [3.05, 3.63) is 23.0 Å². The van der Waals surface area contributed by atoms with Crippen LogP contribution in [0.3, 0.4) is 0 Å². The van der Waals surface area contributed by atoms with Crippen LogP contribution in [0.25, 0.3) is 0 Å². The molecule has 4 atom stereocenters. The van der Waals surface area contributed by atoms with Crippen molar-refractivity contribution in [1.29, 1.82) is 0 Å². The summed E-state index contributed by atoms with van der Waals surface area (Å²) in [5, 5.41) is 90.5. The maximum Gasteiger partial charge on any atom is 2.00 e. The summed E-state index contributed by atoms with van der Waals surface area (Å²) in [6, 6.07) is 0. The minimum atomic E-state index is -1.42. The van der Waals surface area contributed by atoms with Crippen molar-refractivity contribution in [2.45, 2.75) is 218 Å². The molecule has 0 fully saturated rings. The second-order valence-electron chi connectivity index (χ2n) is 15.3. The largest absolute Gasteiger partial charge is 2.00 e. The molecule has 0 aromatic heterocycles. The summed E-state index contributed by atoms with van der Waals surface area (Å²) < 4.78 is 8.63. The molecule has 0 aromatic carbocycles. The molecule has 2 rings (SSSR count). The first-order valence-electron chi connectivity index (χ1n) is 22.3. The van der Waals surface area contributed by atoms with E-state index in [0.717, 1.165) is 25.7 Å². The van der Waals surface area contributed by atoms with Gasteiger partial charge >= 0.3 is 29.0 Å². The molecule has 0 amide bonds. The van der Waals surface area contributed by atoms with Gasteiger partial charge in [0.15, 0.2) is 23.7 Å². The summed E-state index contributed by atoms with van der Waals surface area (Å²) >= 11 is 0. The molecule has 1 radical (unpaired) electrons. The van der Waals surface area contributed by atoms with Crippen LogP contribution in [0.1, 0.15) is 194 Å². The summed E-state index contributed by atoms with van der Waals surface area (Å²) in [4.78, 5) is 41.4. The molecule has 0 saturated carbocycles. The third-order valence-corrected chi connectivity index (χ3v) is 9.92. The first-order chi connectivity index (χ1) is 28.7. The van der Waals surface area contributed by atoms with Gasteiger partial charge in [-0.25, -0.2) is 9.59 Å². The van der Waals surface area contributed by atoms with Crippen molar-refractivity contribution < 1.29 is 96.8 Å². The van der Waals surface area contributed by atoms with E-state index in [0.29, 0.717) is 0 Å². The van der Waals surface area contributed by atoms with Crippen molar-refractivity contribution in [2.75, 3.05) is 13.2 Å². The molecule has 357 valence electrons. The standard InChI is InChI=1S/2C16H32O2.2C6H8O6.Mn/c2*1-2-3-4-5-6-7-8-9-10-11-12-13-14-15-16(17)18;2*7-1-2(8)5-3(9)4(10)6(11)12-5;/h2*2-15H2,1H3,(H,17,18);2*2,5,7-10H,1H2;/q;;;;+2/p-2/t;;2*2-,5+;/m..00./s1. The number of esters is 2. The Balaban J connectivity index is -0.000000743. The molecule has 0 aromatic rings. The molecule has 61 heavy (non-hydrogen) atoms. The van der Waals surface area contributed by atoms with Crippen LogP contribution in [0.5, 0.6) is 0 Å². The SMILES string of the molecule is CCCCCCCCCCCCCCCC(=O)[O-].CCCCCCCCCCCCCCCC(=O)[O-].O=C1O[C@H]([C@@H](O)CO)C(O)=C1O.O=C1O[C@H]([C@@H](O)CO)C(O)=C1O.[Mn+2]. The average Bonchev–Trinajstić information content (AvgIpc) is 3.64.